The lowest BCUT2D eigenvalue weighted by molar-refractivity contribution is -0.124. The molecule has 0 unspecified atom stereocenters. The molecule has 0 saturated heterocycles. The predicted molar refractivity (Wildman–Crippen MR) is 110 cm³/mol. The average Bonchev–Trinajstić information content (AvgIpc) is 3.17. The second kappa shape index (κ2) is 9.73. The molecule has 2 heterocycles. The summed E-state index contributed by atoms with van der Waals surface area (Å²) in [5.74, 6) is -0.298. The van der Waals surface area contributed by atoms with Crippen LogP contribution in [0, 0.1) is 5.92 Å². The number of fused-ring (bicyclic) bond motifs is 1. The summed E-state index contributed by atoms with van der Waals surface area (Å²) in [5.41, 5.74) is 2.45. The first-order valence-corrected chi connectivity index (χ1v) is 9.74. The Balaban J connectivity index is 1.56. The summed E-state index contributed by atoms with van der Waals surface area (Å²) in [5, 5.41) is 5.57. The van der Waals surface area contributed by atoms with E-state index in [-0.39, 0.29) is 25.0 Å². The Morgan fingerprint density at radius 1 is 1.14 bits per heavy atom. The molecule has 2 amide bonds. The molecule has 0 aliphatic rings. The number of amides is 2. The van der Waals surface area contributed by atoms with Crippen LogP contribution >= 0.6 is 0 Å². The second-order valence-corrected chi connectivity index (χ2v) is 6.99. The van der Waals surface area contributed by atoms with Crippen LogP contribution in [-0.2, 0) is 22.7 Å². The minimum absolute atomic E-state index is 0.0413. The lowest BCUT2D eigenvalue weighted by atomic mass is 9.98. The summed E-state index contributed by atoms with van der Waals surface area (Å²) >= 11 is 0. The highest BCUT2D eigenvalue weighted by atomic mass is 16.5. The van der Waals surface area contributed by atoms with Gasteiger partial charge in [-0.25, -0.2) is 9.78 Å². The standard InChI is InChI=1S/C22H26N4O3/c1-3-16(2)20(25-22(28)29-15-17-9-5-4-6-10-17)21(27)23-13-18-14-26-12-8-7-11-19(26)24-18/h4-12,14,16,20H,3,13,15H2,1-2H3,(H,23,27)(H,25,28)/t16-,20-/m0/s1. The molecule has 2 aromatic heterocycles. The summed E-state index contributed by atoms with van der Waals surface area (Å²) in [6.07, 6.45) is 3.91. The van der Waals surface area contributed by atoms with Crippen LogP contribution in [0.3, 0.4) is 0 Å². The van der Waals surface area contributed by atoms with Gasteiger partial charge in [-0.15, -0.1) is 0 Å². The van der Waals surface area contributed by atoms with E-state index in [2.05, 4.69) is 15.6 Å². The van der Waals surface area contributed by atoms with Crippen LogP contribution in [0.2, 0.25) is 0 Å². The van der Waals surface area contributed by atoms with E-state index in [0.29, 0.717) is 0 Å². The largest absolute Gasteiger partial charge is 0.445 e. The van der Waals surface area contributed by atoms with E-state index in [1.165, 1.54) is 0 Å². The minimum atomic E-state index is -0.680. The smallest absolute Gasteiger partial charge is 0.408 e. The quantitative estimate of drug-likeness (QED) is 0.614. The number of pyridine rings is 1. The number of hydrogen-bond donors (Lipinski definition) is 2. The maximum atomic E-state index is 12.7. The molecular weight excluding hydrogens is 368 g/mol. The van der Waals surface area contributed by atoms with Crippen molar-refractivity contribution in [3.8, 4) is 0 Å². The van der Waals surface area contributed by atoms with Crippen LogP contribution in [0.4, 0.5) is 4.79 Å². The first kappa shape index (κ1) is 20.4. The number of imidazole rings is 1. The van der Waals surface area contributed by atoms with E-state index < -0.39 is 12.1 Å². The van der Waals surface area contributed by atoms with Gasteiger partial charge >= 0.3 is 6.09 Å². The summed E-state index contributed by atoms with van der Waals surface area (Å²) in [6, 6.07) is 14.5. The molecule has 2 N–H and O–H groups in total. The zero-order valence-electron chi connectivity index (χ0n) is 16.7. The molecule has 0 radical (unpaired) electrons. The van der Waals surface area contributed by atoms with Crippen molar-refractivity contribution in [2.45, 2.75) is 39.5 Å². The van der Waals surface area contributed by atoms with E-state index in [1.54, 1.807) is 0 Å². The second-order valence-electron chi connectivity index (χ2n) is 6.99. The van der Waals surface area contributed by atoms with Crippen molar-refractivity contribution in [2.75, 3.05) is 0 Å². The Bertz CT molecular complexity index is 922. The summed E-state index contributed by atoms with van der Waals surface area (Å²) in [7, 11) is 0. The number of carbonyl (C=O) groups is 2. The first-order chi connectivity index (χ1) is 14.1. The van der Waals surface area contributed by atoms with Gasteiger partial charge in [0, 0.05) is 12.4 Å². The van der Waals surface area contributed by atoms with E-state index in [9.17, 15) is 9.59 Å². The zero-order valence-corrected chi connectivity index (χ0v) is 16.7. The molecule has 0 aliphatic carbocycles. The van der Waals surface area contributed by atoms with Crippen molar-refractivity contribution in [1.82, 2.24) is 20.0 Å². The minimum Gasteiger partial charge on any atom is -0.445 e. The van der Waals surface area contributed by atoms with E-state index >= 15 is 0 Å². The van der Waals surface area contributed by atoms with Gasteiger partial charge in [0.1, 0.15) is 18.3 Å². The maximum Gasteiger partial charge on any atom is 0.408 e. The third-order valence-electron chi connectivity index (χ3n) is 4.84. The number of hydrogen-bond acceptors (Lipinski definition) is 4. The van der Waals surface area contributed by atoms with Crippen molar-refractivity contribution in [2.24, 2.45) is 5.92 Å². The van der Waals surface area contributed by atoms with Gasteiger partial charge < -0.3 is 19.8 Å². The average molecular weight is 394 g/mol. The molecule has 7 heteroatoms. The number of nitrogens with one attached hydrogen (secondary N) is 2. The molecule has 0 saturated carbocycles. The molecule has 0 bridgehead atoms. The highest BCUT2D eigenvalue weighted by Crippen LogP contribution is 2.10. The van der Waals surface area contributed by atoms with Crippen LogP contribution in [0.5, 0.6) is 0 Å². The van der Waals surface area contributed by atoms with Crippen LogP contribution in [0.15, 0.2) is 60.9 Å². The summed E-state index contributed by atoms with van der Waals surface area (Å²) < 4.78 is 7.16. The van der Waals surface area contributed by atoms with E-state index in [1.807, 2.05) is 79.2 Å². The number of benzene rings is 1. The number of alkyl carbamates (subject to hydrolysis) is 1. The van der Waals surface area contributed by atoms with E-state index in [0.717, 1.165) is 23.3 Å². The molecule has 7 nitrogen and oxygen atoms in total. The highest BCUT2D eigenvalue weighted by molar-refractivity contribution is 5.85. The van der Waals surface area contributed by atoms with Crippen molar-refractivity contribution in [1.29, 1.82) is 0 Å². The molecule has 0 spiro atoms. The maximum absolute atomic E-state index is 12.7. The van der Waals surface area contributed by atoms with Crippen molar-refractivity contribution in [3.63, 3.8) is 0 Å². The summed E-state index contributed by atoms with van der Waals surface area (Å²) in [6.45, 7) is 4.34. The lowest BCUT2D eigenvalue weighted by Crippen LogP contribution is -2.50. The number of nitrogens with zero attached hydrogens (tertiary/aromatic N) is 2. The monoisotopic (exact) mass is 394 g/mol. The van der Waals surface area contributed by atoms with Crippen LogP contribution < -0.4 is 10.6 Å². The molecule has 1 aromatic carbocycles. The fourth-order valence-electron chi connectivity index (χ4n) is 2.95. The Morgan fingerprint density at radius 3 is 2.62 bits per heavy atom. The first-order valence-electron chi connectivity index (χ1n) is 9.74. The summed E-state index contributed by atoms with van der Waals surface area (Å²) in [4.78, 5) is 29.4. The van der Waals surface area contributed by atoms with Gasteiger partial charge in [0.15, 0.2) is 0 Å². The lowest BCUT2D eigenvalue weighted by Gasteiger charge is -2.23. The Kier molecular flexibility index (Phi) is 6.84. The fraction of sp³-hybridized carbons (Fsp3) is 0.318. The topological polar surface area (TPSA) is 84.7 Å². The molecule has 152 valence electrons. The Hall–Kier alpha value is -3.35. The van der Waals surface area contributed by atoms with Crippen LogP contribution in [0.1, 0.15) is 31.5 Å². The van der Waals surface area contributed by atoms with Gasteiger partial charge in [-0.1, -0.05) is 56.7 Å². The molecular formula is C22H26N4O3. The third kappa shape index (κ3) is 5.57. The Morgan fingerprint density at radius 2 is 1.90 bits per heavy atom. The van der Waals surface area contributed by atoms with Crippen LogP contribution in [0.25, 0.3) is 5.65 Å². The number of ether oxygens (including phenoxy) is 1. The van der Waals surface area contributed by atoms with Gasteiger partial charge in [0.25, 0.3) is 0 Å². The van der Waals surface area contributed by atoms with Crippen molar-refractivity contribution >= 4 is 17.6 Å². The van der Waals surface area contributed by atoms with Gasteiger partial charge in [-0.05, 0) is 23.6 Å². The predicted octanol–water partition coefficient (Wildman–Crippen LogP) is 3.29. The number of rotatable bonds is 8. The van der Waals surface area contributed by atoms with Gasteiger partial charge in [-0.3, -0.25) is 4.79 Å². The highest BCUT2D eigenvalue weighted by Gasteiger charge is 2.26. The van der Waals surface area contributed by atoms with Crippen LogP contribution in [-0.4, -0.2) is 27.4 Å². The van der Waals surface area contributed by atoms with Crippen molar-refractivity contribution in [3.05, 3.63) is 72.2 Å². The third-order valence-corrected chi connectivity index (χ3v) is 4.84. The van der Waals surface area contributed by atoms with E-state index in [4.69, 9.17) is 4.74 Å². The molecule has 0 aliphatic heterocycles. The Labute approximate surface area is 170 Å². The molecule has 0 fully saturated rings. The molecule has 2 atom stereocenters. The van der Waals surface area contributed by atoms with Gasteiger partial charge in [-0.2, -0.15) is 0 Å². The normalized spacial score (nSPS) is 12.9. The number of aromatic nitrogens is 2. The SMILES string of the molecule is CC[C@H](C)[C@H](NC(=O)OCc1ccccc1)C(=O)NCc1cn2ccccc2n1. The molecule has 3 rings (SSSR count). The van der Waals surface area contributed by atoms with Gasteiger partial charge in [0.05, 0.1) is 12.2 Å². The molecule has 29 heavy (non-hydrogen) atoms. The fourth-order valence-corrected chi connectivity index (χ4v) is 2.95. The molecule has 3 aromatic rings. The zero-order chi connectivity index (χ0) is 20.6. The van der Waals surface area contributed by atoms with Crippen molar-refractivity contribution < 1.29 is 14.3 Å². The number of carbonyl (C=O) groups excluding carboxylic acids is 2. The van der Waals surface area contributed by atoms with Gasteiger partial charge in [0.2, 0.25) is 5.91 Å².